The lowest BCUT2D eigenvalue weighted by atomic mass is 9.68. The van der Waals surface area contributed by atoms with Crippen LogP contribution in [0.4, 0.5) is 17.1 Å². The summed E-state index contributed by atoms with van der Waals surface area (Å²) in [5.74, 6) is 0. The molecule has 300 valence electrons. The molecule has 1 aliphatic carbocycles. The highest BCUT2D eigenvalue weighted by Gasteiger charge is 2.45. The van der Waals surface area contributed by atoms with Gasteiger partial charge in [-0.2, -0.15) is 0 Å². The second kappa shape index (κ2) is 14.3. The third kappa shape index (κ3) is 5.28. The molecule has 3 nitrogen and oxygen atoms in total. The molecule has 0 unspecified atom stereocenters. The molecule has 0 fully saturated rings. The number of aromatic nitrogens is 2. The quantitative estimate of drug-likeness (QED) is 0.156. The van der Waals surface area contributed by atoms with Crippen LogP contribution in [0.25, 0.3) is 66.1 Å². The monoisotopic (exact) mass is 815 g/mol. The summed E-state index contributed by atoms with van der Waals surface area (Å²) in [5, 5.41) is 5.01. The molecular formula is C61H41N3. The lowest BCUT2D eigenvalue weighted by Gasteiger charge is -2.34. The first-order valence-corrected chi connectivity index (χ1v) is 22.1. The molecular weight excluding hydrogens is 775 g/mol. The summed E-state index contributed by atoms with van der Waals surface area (Å²) in [6, 6.07) is 91.2. The predicted octanol–water partition coefficient (Wildman–Crippen LogP) is 15.7. The van der Waals surface area contributed by atoms with Crippen LogP contribution in [0.1, 0.15) is 22.3 Å². The van der Waals surface area contributed by atoms with Crippen LogP contribution in [0.5, 0.6) is 0 Å². The average molecular weight is 816 g/mol. The molecule has 2 heterocycles. The average Bonchev–Trinajstić information content (AvgIpc) is 4.00. The Morgan fingerprint density at radius 2 is 0.688 bits per heavy atom. The zero-order chi connectivity index (χ0) is 42.2. The molecule has 2 aromatic heterocycles. The minimum Gasteiger partial charge on any atom is -0.310 e. The summed E-state index contributed by atoms with van der Waals surface area (Å²) in [7, 11) is 0. The maximum atomic E-state index is 2.41. The Balaban J connectivity index is 0.999. The van der Waals surface area contributed by atoms with Crippen LogP contribution in [0.15, 0.2) is 249 Å². The van der Waals surface area contributed by atoms with Gasteiger partial charge >= 0.3 is 0 Å². The number of hydrogen-bond donors (Lipinski definition) is 0. The summed E-state index contributed by atoms with van der Waals surface area (Å²) in [6.07, 6.45) is 0. The van der Waals surface area contributed by atoms with Crippen LogP contribution in [-0.2, 0) is 5.41 Å². The maximum absolute atomic E-state index is 2.41. The number of anilines is 3. The first-order valence-electron chi connectivity index (χ1n) is 22.1. The molecule has 0 spiro atoms. The van der Waals surface area contributed by atoms with Gasteiger partial charge in [-0.3, -0.25) is 0 Å². The van der Waals surface area contributed by atoms with Gasteiger partial charge in [0.15, 0.2) is 0 Å². The Bertz CT molecular complexity index is 3570. The van der Waals surface area contributed by atoms with Gasteiger partial charge in [0.05, 0.1) is 27.5 Å². The van der Waals surface area contributed by atoms with Crippen molar-refractivity contribution in [2.24, 2.45) is 0 Å². The Morgan fingerprint density at radius 1 is 0.281 bits per heavy atom. The van der Waals surface area contributed by atoms with Gasteiger partial charge in [0, 0.05) is 50.0 Å². The molecule has 12 aromatic rings. The summed E-state index contributed by atoms with van der Waals surface area (Å²) in [4.78, 5) is 2.41. The number of fused-ring (bicyclic) bond motifs is 9. The zero-order valence-corrected chi connectivity index (χ0v) is 35.0. The molecule has 3 heteroatoms. The minimum atomic E-state index is -0.474. The third-order valence-corrected chi connectivity index (χ3v) is 13.6. The summed E-state index contributed by atoms with van der Waals surface area (Å²) in [6.45, 7) is 0. The van der Waals surface area contributed by atoms with Crippen LogP contribution >= 0.6 is 0 Å². The van der Waals surface area contributed by atoms with Crippen molar-refractivity contribution in [3.63, 3.8) is 0 Å². The van der Waals surface area contributed by atoms with E-state index in [1.807, 2.05) is 0 Å². The van der Waals surface area contributed by atoms with Crippen molar-refractivity contribution in [2.75, 3.05) is 4.90 Å². The van der Waals surface area contributed by atoms with E-state index in [9.17, 15) is 0 Å². The van der Waals surface area contributed by atoms with Gasteiger partial charge < -0.3 is 14.0 Å². The van der Waals surface area contributed by atoms with Crippen molar-refractivity contribution in [1.29, 1.82) is 0 Å². The Morgan fingerprint density at radius 3 is 1.20 bits per heavy atom. The van der Waals surface area contributed by atoms with Gasteiger partial charge in [-0.1, -0.05) is 170 Å². The van der Waals surface area contributed by atoms with Crippen molar-refractivity contribution in [1.82, 2.24) is 9.13 Å². The van der Waals surface area contributed by atoms with E-state index in [0.29, 0.717) is 0 Å². The highest BCUT2D eigenvalue weighted by atomic mass is 15.1. The van der Waals surface area contributed by atoms with E-state index in [1.165, 1.54) is 77.0 Å². The second-order valence-corrected chi connectivity index (χ2v) is 16.9. The fourth-order valence-corrected chi connectivity index (χ4v) is 10.9. The normalized spacial score (nSPS) is 12.8. The fraction of sp³-hybridized carbons (Fsp3) is 0.0164. The van der Waals surface area contributed by atoms with Crippen LogP contribution in [0.2, 0.25) is 0 Å². The van der Waals surface area contributed by atoms with E-state index in [4.69, 9.17) is 0 Å². The van der Waals surface area contributed by atoms with Gasteiger partial charge in [-0.25, -0.2) is 0 Å². The molecule has 13 rings (SSSR count). The van der Waals surface area contributed by atoms with Gasteiger partial charge in [-0.15, -0.1) is 0 Å². The number of para-hydroxylation sites is 4. The molecule has 1 aliphatic rings. The number of nitrogens with zero attached hydrogens (tertiary/aromatic N) is 3. The summed E-state index contributed by atoms with van der Waals surface area (Å²) >= 11 is 0. The van der Waals surface area contributed by atoms with Crippen molar-refractivity contribution >= 4 is 60.7 Å². The SMILES string of the molecule is c1ccc(C2(c3ccc(N(c4ccc(-n5c6ccccc6c6ccccc65)cc4)c4cccc(-n5c6ccccc6c6ccccc65)c4)cc3)c3ccccc3-c3ccccc32)cc1. The highest BCUT2D eigenvalue weighted by molar-refractivity contribution is 6.10. The van der Waals surface area contributed by atoms with E-state index in [2.05, 4.69) is 263 Å². The largest absolute Gasteiger partial charge is 0.310 e. The van der Waals surface area contributed by atoms with Crippen molar-refractivity contribution in [2.45, 2.75) is 5.41 Å². The lowest BCUT2D eigenvalue weighted by Crippen LogP contribution is -2.28. The molecule has 0 saturated carbocycles. The van der Waals surface area contributed by atoms with Crippen LogP contribution in [-0.4, -0.2) is 9.13 Å². The highest BCUT2D eigenvalue weighted by Crippen LogP contribution is 2.56. The Kier molecular flexibility index (Phi) is 8.13. The molecule has 0 radical (unpaired) electrons. The fourth-order valence-electron chi connectivity index (χ4n) is 10.9. The topological polar surface area (TPSA) is 13.1 Å². The smallest absolute Gasteiger partial charge is 0.0713 e. The third-order valence-electron chi connectivity index (χ3n) is 13.6. The Labute approximate surface area is 372 Å². The number of rotatable bonds is 7. The predicted molar refractivity (Wildman–Crippen MR) is 267 cm³/mol. The van der Waals surface area contributed by atoms with Gasteiger partial charge in [0.2, 0.25) is 0 Å². The Hall–Kier alpha value is -8.40. The standard InChI is InChI=1S/C61H41N3/c1-2-17-42(18-3-1)61(55-27-10-4-21-49(55)50-22-5-11-28-56(50)61)43-33-35-44(36-34-43)62(45-37-39-46(40-38-45)63-57-29-12-6-23-51(57)52-24-7-13-30-58(52)63)47-19-16-20-48(41-47)64-59-31-14-8-25-53(59)54-26-9-15-32-60(54)64/h1-41H. The minimum absolute atomic E-state index is 0.474. The number of hydrogen-bond acceptors (Lipinski definition) is 1. The first-order chi connectivity index (χ1) is 31.8. The van der Waals surface area contributed by atoms with E-state index in [-0.39, 0.29) is 0 Å². The molecule has 64 heavy (non-hydrogen) atoms. The van der Waals surface area contributed by atoms with E-state index in [0.717, 1.165) is 28.4 Å². The van der Waals surface area contributed by atoms with Gasteiger partial charge in [-0.05, 0) is 112 Å². The molecule has 0 amide bonds. The van der Waals surface area contributed by atoms with Crippen LogP contribution in [0.3, 0.4) is 0 Å². The van der Waals surface area contributed by atoms with Crippen molar-refractivity contribution in [3.05, 3.63) is 271 Å². The molecule has 0 atom stereocenters. The number of benzene rings is 10. The van der Waals surface area contributed by atoms with Crippen molar-refractivity contribution < 1.29 is 0 Å². The van der Waals surface area contributed by atoms with Gasteiger partial charge in [0.25, 0.3) is 0 Å². The van der Waals surface area contributed by atoms with E-state index >= 15 is 0 Å². The van der Waals surface area contributed by atoms with Crippen LogP contribution in [0, 0.1) is 0 Å². The van der Waals surface area contributed by atoms with E-state index in [1.54, 1.807) is 0 Å². The second-order valence-electron chi connectivity index (χ2n) is 16.9. The van der Waals surface area contributed by atoms with Crippen molar-refractivity contribution in [3.8, 4) is 22.5 Å². The van der Waals surface area contributed by atoms with E-state index < -0.39 is 5.41 Å². The molecule has 0 saturated heterocycles. The summed E-state index contributed by atoms with van der Waals surface area (Å²) in [5.41, 5.74) is 17.5. The lowest BCUT2D eigenvalue weighted by molar-refractivity contribution is 0.768. The molecule has 0 aliphatic heterocycles. The maximum Gasteiger partial charge on any atom is 0.0713 e. The van der Waals surface area contributed by atoms with Gasteiger partial charge in [0.1, 0.15) is 0 Å². The first kappa shape index (κ1) is 36.3. The van der Waals surface area contributed by atoms with Crippen LogP contribution < -0.4 is 4.90 Å². The molecule has 0 bridgehead atoms. The molecule has 10 aromatic carbocycles. The zero-order valence-electron chi connectivity index (χ0n) is 35.0. The molecule has 0 N–H and O–H groups in total. The summed E-state index contributed by atoms with van der Waals surface area (Å²) < 4.78 is 4.79.